The van der Waals surface area contributed by atoms with Crippen LogP contribution in [-0.4, -0.2) is 30.6 Å². The van der Waals surface area contributed by atoms with Crippen molar-refractivity contribution in [1.82, 2.24) is 0 Å². The zero-order valence-corrected chi connectivity index (χ0v) is 11.9. The maximum absolute atomic E-state index is 11.6. The summed E-state index contributed by atoms with van der Waals surface area (Å²) in [7, 11) is 0. The van der Waals surface area contributed by atoms with Crippen LogP contribution in [0.15, 0.2) is 0 Å². The molecule has 1 saturated carbocycles. The number of amides is 1. The summed E-state index contributed by atoms with van der Waals surface area (Å²) in [5.74, 6) is -1.00. The number of ether oxygens (including phenoxy) is 1. The van der Waals surface area contributed by atoms with Gasteiger partial charge in [0.25, 0.3) is 0 Å². The Bertz CT molecular complexity index is 278. The highest BCUT2D eigenvalue weighted by molar-refractivity contribution is 5.81. The van der Waals surface area contributed by atoms with Crippen LogP contribution < -0.4 is 17.2 Å². The van der Waals surface area contributed by atoms with E-state index in [4.69, 9.17) is 21.9 Å². The molecule has 1 rings (SSSR count). The maximum atomic E-state index is 11.6. The molecular formula is C13H27N3O3. The minimum Gasteiger partial charge on any atom is -0.462 e. The van der Waals surface area contributed by atoms with E-state index in [-0.39, 0.29) is 12.5 Å². The normalized spacial score (nSPS) is 18.7. The summed E-state index contributed by atoms with van der Waals surface area (Å²) in [6.45, 7) is 3.80. The van der Waals surface area contributed by atoms with E-state index in [2.05, 4.69) is 0 Å². The highest BCUT2D eigenvalue weighted by atomic mass is 16.5. The Morgan fingerprint density at radius 1 is 1.16 bits per heavy atom. The summed E-state index contributed by atoms with van der Waals surface area (Å²) in [4.78, 5) is 22.3. The first kappa shape index (κ1) is 17.9. The minimum absolute atomic E-state index is 0.182. The molecule has 0 aromatic heterocycles. The van der Waals surface area contributed by atoms with Gasteiger partial charge in [0.1, 0.15) is 18.7 Å². The second-order valence-electron chi connectivity index (χ2n) is 4.56. The van der Waals surface area contributed by atoms with Crippen LogP contribution in [0.2, 0.25) is 0 Å². The van der Waals surface area contributed by atoms with Crippen LogP contribution in [0, 0.1) is 5.92 Å². The number of rotatable bonds is 5. The third-order valence-electron chi connectivity index (χ3n) is 3.20. The second-order valence-corrected chi connectivity index (χ2v) is 4.56. The first-order chi connectivity index (χ1) is 9.02. The lowest BCUT2D eigenvalue weighted by atomic mass is 9.84. The zero-order chi connectivity index (χ0) is 14.8. The van der Waals surface area contributed by atoms with Crippen molar-refractivity contribution in [2.24, 2.45) is 23.1 Å². The summed E-state index contributed by atoms with van der Waals surface area (Å²) < 4.78 is 4.89. The highest BCUT2D eigenvalue weighted by Gasteiger charge is 2.27. The number of hydrogen-bond donors (Lipinski definition) is 3. The van der Waals surface area contributed by atoms with Crippen LogP contribution in [0.4, 0.5) is 0 Å². The van der Waals surface area contributed by atoms with Gasteiger partial charge in [0.2, 0.25) is 5.91 Å². The van der Waals surface area contributed by atoms with Crippen molar-refractivity contribution in [3.05, 3.63) is 0 Å². The Hall–Kier alpha value is -1.14. The Kier molecular flexibility index (Phi) is 9.16. The van der Waals surface area contributed by atoms with Crippen LogP contribution in [0.1, 0.15) is 46.0 Å². The highest BCUT2D eigenvalue weighted by Crippen LogP contribution is 2.26. The van der Waals surface area contributed by atoms with Crippen molar-refractivity contribution in [3.63, 3.8) is 0 Å². The molecule has 19 heavy (non-hydrogen) atoms. The Balaban J connectivity index is 0.00000154. The van der Waals surface area contributed by atoms with Crippen molar-refractivity contribution in [2.75, 3.05) is 6.61 Å². The van der Waals surface area contributed by atoms with Gasteiger partial charge in [-0.05, 0) is 18.8 Å². The Morgan fingerprint density at radius 3 is 2.16 bits per heavy atom. The molecule has 0 saturated heterocycles. The molecule has 2 atom stereocenters. The fourth-order valence-electron chi connectivity index (χ4n) is 2.04. The van der Waals surface area contributed by atoms with E-state index < -0.39 is 24.0 Å². The molecule has 0 aromatic rings. The van der Waals surface area contributed by atoms with Gasteiger partial charge in [0.15, 0.2) is 0 Å². The third-order valence-corrected chi connectivity index (χ3v) is 3.20. The monoisotopic (exact) mass is 273 g/mol. The fourth-order valence-corrected chi connectivity index (χ4v) is 2.04. The zero-order valence-electron chi connectivity index (χ0n) is 11.9. The number of nitrogens with two attached hydrogens (primary N) is 3. The average molecular weight is 273 g/mol. The number of hydrogen-bond acceptors (Lipinski definition) is 5. The van der Waals surface area contributed by atoms with E-state index in [0.29, 0.717) is 0 Å². The van der Waals surface area contributed by atoms with Gasteiger partial charge in [-0.15, -0.1) is 0 Å². The summed E-state index contributed by atoms with van der Waals surface area (Å²) in [5, 5.41) is 0. The van der Waals surface area contributed by atoms with Gasteiger partial charge in [-0.1, -0.05) is 33.1 Å². The molecule has 6 nitrogen and oxygen atoms in total. The number of esters is 1. The van der Waals surface area contributed by atoms with E-state index in [9.17, 15) is 9.59 Å². The van der Waals surface area contributed by atoms with E-state index in [1.807, 2.05) is 13.8 Å². The number of carbonyl (C=O) groups is 2. The predicted octanol–water partition coefficient (Wildman–Crippen LogP) is 0.276. The van der Waals surface area contributed by atoms with Gasteiger partial charge in [0, 0.05) is 0 Å². The molecule has 0 radical (unpaired) electrons. The fraction of sp³-hybridized carbons (Fsp3) is 0.846. The molecule has 2 unspecified atom stereocenters. The van der Waals surface area contributed by atoms with E-state index in [1.165, 1.54) is 6.42 Å². The lowest BCUT2D eigenvalue weighted by Gasteiger charge is -2.26. The maximum Gasteiger partial charge on any atom is 0.323 e. The number of primary amides is 1. The largest absolute Gasteiger partial charge is 0.462 e. The molecule has 6 heteroatoms. The number of carbonyl (C=O) groups excluding carboxylic acids is 2. The Morgan fingerprint density at radius 2 is 1.68 bits per heavy atom. The van der Waals surface area contributed by atoms with Gasteiger partial charge in [-0.25, -0.2) is 0 Å². The standard InChI is InChI=1S/C11H21N3O3.C2H6/c12-8(10(14)15)6-17-11(16)9(13)7-4-2-1-3-5-7;1-2/h7-9H,1-6,12-13H2,(H2,14,15);1-2H3. The molecule has 1 aliphatic rings. The van der Waals surface area contributed by atoms with Crippen molar-refractivity contribution in [3.8, 4) is 0 Å². The molecule has 0 spiro atoms. The summed E-state index contributed by atoms with van der Waals surface area (Å²) >= 11 is 0. The van der Waals surface area contributed by atoms with Gasteiger partial charge < -0.3 is 21.9 Å². The molecule has 0 bridgehead atoms. The average Bonchev–Trinajstić information content (AvgIpc) is 2.46. The van der Waals surface area contributed by atoms with Gasteiger partial charge in [-0.3, -0.25) is 9.59 Å². The smallest absolute Gasteiger partial charge is 0.323 e. The molecule has 0 aromatic carbocycles. The summed E-state index contributed by atoms with van der Waals surface area (Å²) in [5.41, 5.74) is 16.1. The quantitative estimate of drug-likeness (QED) is 0.621. The Labute approximate surface area is 115 Å². The molecule has 1 aliphatic carbocycles. The van der Waals surface area contributed by atoms with E-state index in [0.717, 1.165) is 25.7 Å². The van der Waals surface area contributed by atoms with E-state index >= 15 is 0 Å². The topological polar surface area (TPSA) is 121 Å². The summed E-state index contributed by atoms with van der Waals surface area (Å²) in [6, 6.07) is -1.58. The molecular weight excluding hydrogens is 246 g/mol. The molecule has 1 amide bonds. The van der Waals surface area contributed by atoms with Crippen LogP contribution >= 0.6 is 0 Å². The molecule has 6 N–H and O–H groups in total. The third kappa shape index (κ3) is 6.54. The van der Waals surface area contributed by atoms with Crippen molar-refractivity contribution in [1.29, 1.82) is 0 Å². The van der Waals surface area contributed by atoms with Gasteiger partial charge in [0.05, 0.1) is 0 Å². The SMILES string of the molecule is CC.NC(=O)C(N)COC(=O)C(N)C1CCCCC1. The lowest BCUT2D eigenvalue weighted by molar-refractivity contribution is -0.148. The van der Waals surface area contributed by atoms with Crippen LogP contribution in [0.5, 0.6) is 0 Å². The lowest BCUT2D eigenvalue weighted by Crippen LogP contribution is -2.45. The van der Waals surface area contributed by atoms with Gasteiger partial charge >= 0.3 is 5.97 Å². The predicted molar refractivity (Wildman–Crippen MR) is 74.0 cm³/mol. The van der Waals surface area contributed by atoms with Crippen LogP contribution in [0.25, 0.3) is 0 Å². The first-order valence-electron chi connectivity index (χ1n) is 6.99. The van der Waals surface area contributed by atoms with Crippen molar-refractivity contribution in [2.45, 2.75) is 58.0 Å². The van der Waals surface area contributed by atoms with Gasteiger partial charge in [-0.2, -0.15) is 0 Å². The molecule has 0 heterocycles. The van der Waals surface area contributed by atoms with Crippen molar-refractivity contribution >= 4 is 11.9 Å². The first-order valence-corrected chi connectivity index (χ1v) is 6.99. The van der Waals surface area contributed by atoms with Crippen LogP contribution in [-0.2, 0) is 14.3 Å². The minimum atomic E-state index is -0.961. The summed E-state index contributed by atoms with van der Waals surface area (Å²) in [6.07, 6.45) is 5.32. The van der Waals surface area contributed by atoms with Crippen molar-refractivity contribution < 1.29 is 14.3 Å². The molecule has 1 fully saturated rings. The second kappa shape index (κ2) is 9.75. The van der Waals surface area contributed by atoms with E-state index in [1.54, 1.807) is 0 Å². The molecule has 112 valence electrons. The van der Waals surface area contributed by atoms with Crippen LogP contribution in [0.3, 0.4) is 0 Å². The molecule has 0 aliphatic heterocycles.